The van der Waals surface area contributed by atoms with Crippen LogP contribution in [0.15, 0.2) is 24.7 Å². The summed E-state index contributed by atoms with van der Waals surface area (Å²) in [6, 6.07) is 4.31. The van der Waals surface area contributed by atoms with Gasteiger partial charge in [-0.05, 0) is 44.4 Å². The first-order chi connectivity index (χ1) is 11.5. The molecule has 0 spiro atoms. The molecule has 1 aliphatic heterocycles. The number of aromatic amines is 1. The first-order valence-corrected chi connectivity index (χ1v) is 8.42. The number of aromatic nitrogens is 3. The number of rotatable bonds is 1. The largest absolute Gasteiger partial charge is 0.350 e. The van der Waals surface area contributed by atoms with E-state index < -0.39 is 0 Å². The monoisotopic (exact) mass is 322 g/mol. The summed E-state index contributed by atoms with van der Waals surface area (Å²) in [7, 11) is 0. The molecule has 0 aliphatic carbocycles. The molecule has 3 aromatic rings. The van der Waals surface area contributed by atoms with Crippen LogP contribution >= 0.6 is 0 Å². The summed E-state index contributed by atoms with van der Waals surface area (Å²) in [5.74, 6) is 0.0791. The van der Waals surface area contributed by atoms with E-state index >= 15 is 0 Å². The van der Waals surface area contributed by atoms with Crippen LogP contribution in [0.2, 0.25) is 0 Å². The molecule has 1 amide bonds. The molecule has 1 aromatic carbocycles. The van der Waals surface area contributed by atoms with Crippen molar-refractivity contribution < 1.29 is 4.79 Å². The second-order valence-corrected chi connectivity index (χ2v) is 6.79. The second kappa shape index (κ2) is 5.51. The number of imidazole rings is 1. The Kier molecular flexibility index (Phi) is 3.44. The van der Waals surface area contributed by atoms with Crippen LogP contribution in [0.4, 0.5) is 0 Å². The molecule has 1 aliphatic rings. The van der Waals surface area contributed by atoms with E-state index in [1.165, 1.54) is 11.1 Å². The Hall–Kier alpha value is -2.56. The molecule has 3 heterocycles. The van der Waals surface area contributed by atoms with E-state index in [9.17, 15) is 4.79 Å². The van der Waals surface area contributed by atoms with Gasteiger partial charge in [-0.15, -0.1) is 0 Å². The first kappa shape index (κ1) is 15.0. The highest BCUT2D eigenvalue weighted by Gasteiger charge is 2.24. The summed E-state index contributed by atoms with van der Waals surface area (Å²) in [4.78, 5) is 22.7. The molecule has 5 heteroatoms. The van der Waals surface area contributed by atoms with E-state index in [-0.39, 0.29) is 5.91 Å². The van der Waals surface area contributed by atoms with Gasteiger partial charge in [0.2, 0.25) is 0 Å². The Morgan fingerprint density at radius 2 is 2.04 bits per heavy atom. The van der Waals surface area contributed by atoms with Crippen LogP contribution in [0.5, 0.6) is 0 Å². The lowest BCUT2D eigenvalue weighted by molar-refractivity contribution is 0.0740. The van der Waals surface area contributed by atoms with Crippen LogP contribution in [0.1, 0.15) is 39.3 Å². The van der Waals surface area contributed by atoms with Crippen LogP contribution < -0.4 is 0 Å². The molecule has 0 saturated heterocycles. The van der Waals surface area contributed by atoms with Gasteiger partial charge in [-0.3, -0.25) is 4.79 Å². The number of amides is 1. The number of nitrogens with zero attached hydrogens (tertiary/aromatic N) is 3. The van der Waals surface area contributed by atoms with Gasteiger partial charge in [0, 0.05) is 30.2 Å². The first-order valence-electron chi connectivity index (χ1n) is 8.42. The zero-order valence-corrected chi connectivity index (χ0v) is 14.4. The Bertz CT molecular complexity index is 934. The minimum absolute atomic E-state index is 0.0791. The summed E-state index contributed by atoms with van der Waals surface area (Å²) in [6.07, 6.45) is 4.66. The normalized spacial score (nSPS) is 14.7. The molecular weight excluding hydrogens is 300 g/mol. The van der Waals surface area contributed by atoms with Crippen LogP contribution in [0.25, 0.3) is 10.9 Å². The maximum Gasteiger partial charge on any atom is 0.270 e. The molecule has 124 valence electrons. The van der Waals surface area contributed by atoms with E-state index in [1.807, 2.05) is 24.3 Å². The number of H-pyrrole nitrogens is 1. The quantitative estimate of drug-likeness (QED) is 0.747. The lowest BCUT2D eigenvalue weighted by atomic mass is 10.1. The number of carbonyl (C=O) groups excluding carboxylic acids is 1. The molecule has 0 saturated carbocycles. The fourth-order valence-electron chi connectivity index (χ4n) is 3.72. The highest BCUT2D eigenvalue weighted by atomic mass is 16.2. The maximum absolute atomic E-state index is 13.1. The molecule has 0 atom stereocenters. The van der Waals surface area contributed by atoms with Gasteiger partial charge in [-0.1, -0.05) is 11.6 Å². The van der Waals surface area contributed by atoms with Crippen molar-refractivity contribution in [3.63, 3.8) is 0 Å². The number of benzene rings is 1. The zero-order chi connectivity index (χ0) is 16.8. The van der Waals surface area contributed by atoms with Crippen molar-refractivity contribution in [2.24, 2.45) is 0 Å². The fraction of sp³-hybridized carbons (Fsp3) is 0.368. The van der Waals surface area contributed by atoms with E-state index in [1.54, 1.807) is 0 Å². The fourth-order valence-corrected chi connectivity index (χ4v) is 3.72. The lowest BCUT2D eigenvalue weighted by Crippen LogP contribution is -2.31. The summed E-state index contributed by atoms with van der Waals surface area (Å²) in [5, 5.41) is 1.15. The summed E-state index contributed by atoms with van der Waals surface area (Å²) < 4.78 is 2.14. The van der Waals surface area contributed by atoms with Crippen molar-refractivity contribution in [2.75, 3.05) is 6.54 Å². The summed E-state index contributed by atoms with van der Waals surface area (Å²) >= 11 is 0. The highest BCUT2D eigenvalue weighted by Crippen LogP contribution is 2.27. The van der Waals surface area contributed by atoms with E-state index in [4.69, 9.17) is 0 Å². The molecule has 4 rings (SSSR count). The third kappa shape index (κ3) is 2.31. The molecule has 0 unspecified atom stereocenters. The Labute approximate surface area is 141 Å². The Morgan fingerprint density at radius 3 is 2.88 bits per heavy atom. The van der Waals surface area contributed by atoms with Crippen molar-refractivity contribution in [1.82, 2.24) is 19.4 Å². The van der Waals surface area contributed by atoms with Gasteiger partial charge in [0.1, 0.15) is 5.69 Å². The third-order valence-corrected chi connectivity index (χ3v) is 4.99. The molecule has 0 radical (unpaired) electrons. The van der Waals surface area contributed by atoms with E-state index in [2.05, 4.69) is 40.5 Å². The van der Waals surface area contributed by atoms with Gasteiger partial charge >= 0.3 is 0 Å². The average molecular weight is 322 g/mol. The molecule has 2 aromatic heterocycles. The molecular formula is C19H22N4O. The summed E-state index contributed by atoms with van der Waals surface area (Å²) in [5.41, 5.74) is 6.33. The lowest BCUT2D eigenvalue weighted by Gasteiger charge is -2.19. The second-order valence-electron chi connectivity index (χ2n) is 6.79. The molecule has 1 N–H and O–H groups in total. The van der Waals surface area contributed by atoms with Crippen LogP contribution in [0, 0.1) is 20.8 Å². The van der Waals surface area contributed by atoms with Gasteiger partial charge in [-0.25, -0.2) is 4.98 Å². The van der Waals surface area contributed by atoms with E-state index in [0.29, 0.717) is 12.2 Å². The number of hydrogen-bond acceptors (Lipinski definition) is 2. The van der Waals surface area contributed by atoms with Gasteiger partial charge in [0.25, 0.3) is 5.91 Å². The molecule has 5 nitrogen and oxygen atoms in total. The maximum atomic E-state index is 13.1. The number of nitrogens with one attached hydrogen (secondary N) is 1. The third-order valence-electron chi connectivity index (χ3n) is 4.99. The van der Waals surface area contributed by atoms with Crippen molar-refractivity contribution in [3.05, 3.63) is 52.7 Å². The predicted octanol–water partition coefficient (Wildman–Crippen LogP) is 3.34. The number of carbonyl (C=O) groups is 1. The van der Waals surface area contributed by atoms with Gasteiger partial charge in [0.05, 0.1) is 18.6 Å². The molecule has 0 bridgehead atoms. The topological polar surface area (TPSA) is 53.9 Å². The molecule has 24 heavy (non-hydrogen) atoms. The van der Waals surface area contributed by atoms with Crippen molar-refractivity contribution in [2.45, 2.75) is 40.3 Å². The van der Waals surface area contributed by atoms with Gasteiger partial charge < -0.3 is 14.5 Å². The Morgan fingerprint density at radius 1 is 1.21 bits per heavy atom. The number of fused-ring (bicyclic) bond motifs is 2. The van der Waals surface area contributed by atoms with Crippen LogP contribution in [-0.2, 0) is 13.1 Å². The average Bonchev–Trinajstić information content (AvgIpc) is 3.05. The van der Waals surface area contributed by atoms with Crippen LogP contribution in [-0.4, -0.2) is 31.9 Å². The molecule has 0 fully saturated rings. The van der Waals surface area contributed by atoms with Gasteiger partial charge in [0.15, 0.2) is 0 Å². The SMILES string of the molecule is Cc1cc(C)c2[nH]c(C(=O)N3CCCn4cncc4C3)c(C)c2c1. The predicted molar refractivity (Wildman–Crippen MR) is 94.1 cm³/mol. The highest BCUT2D eigenvalue weighted by molar-refractivity contribution is 6.01. The van der Waals surface area contributed by atoms with Crippen molar-refractivity contribution in [1.29, 1.82) is 0 Å². The Balaban J connectivity index is 1.73. The summed E-state index contributed by atoms with van der Waals surface area (Å²) in [6.45, 7) is 8.52. The van der Waals surface area contributed by atoms with Crippen molar-refractivity contribution in [3.8, 4) is 0 Å². The van der Waals surface area contributed by atoms with Crippen LogP contribution in [0.3, 0.4) is 0 Å². The number of hydrogen-bond donors (Lipinski definition) is 1. The van der Waals surface area contributed by atoms with Gasteiger partial charge in [-0.2, -0.15) is 0 Å². The minimum Gasteiger partial charge on any atom is -0.350 e. The van der Waals surface area contributed by atoms with Crippen molar-refractivity contribution >= 4 is 16.8 Å². The smallest absolute Gasteiger partial charge is 0.270 e. The number of aryl methyl sites for hydroxylation is 4. The standard InChI is InChI=1S/C19H22N4O/c1-12-7-13(2)17-16(8-12)14(3)18(21-17)19(24)22-5-4-6-23-11-20-9-15(23)10-22/h7-9,11,21H,4-6,10H2,1-3H3. The van der Waals surface area contributed by atoms with E-state index in [0.717, 1.165) is 41.7 Å². The minimum atomic E-state index is 0.0791. The zero-order valence-electron chi connectivity index (χ0n) is 14.4.